The molecule has 1 heterocycles. The standard InChI is InChI=1S/C19H15FN4O3/c1-27-18(26)12-5-4-6-13(11-12)22-17(25)16-9-10-21-19(24-16)23-15-8-3-2-7-14(15)20/h2-11H,1H3,(H,22,25)(H,21,23,24). The summed E-state index contributed by atoms with van der Waals surface area (Å²) >= 11 is 0. The second kappa shape index (κ2) is 8.05. The van der Waals surface area contributed by atoms with Crippen LogP contribution in [0.1, 0.15) is 20.8 Å². The number of rotatable bonds is 5. The number of nitrogens with one attached hydrogen (secondary N) is 2. The molecule has 8 heteroatoms. The van der Waals surface area contributed by atoms with E-state index >= 15 is 0 Å². The first kappa shape index (κ1) is 18.0. The van der Waals surface area contributed by atoms with Gasteiger partial charge in [0.05, 0.1) is 18.4 Å². The summed E-state index contributed by atoms with van der Waals surface area (Å²) in [5.74, 6) is -1.40. The van der Waals surface area contributed by atoms with Crippen LogP contribution in [-0.4, -0.2) is 29.0 Å². The molecular weight excluding hydrogens is 351 g/mol. The minimum absolute atomic E-state index is 0.0762. The molecule has 0 fully saturated rings. The number of carbonyl (C=O) groups excluding carboxylic acids is 2. The van der Waals surface area contributed by atoms with E-state index in [1.807, 2.05) is 0 Å². The number of amides is 1. The number of methoxy groups -OCH3 is 1. The van der Waals surface area contributed by atoms with Gasteiger partial charge >= 0.3 is 5.97 Å². The fraction of sp³-hybridized carbons (Fsp3) is 0.0526. The minimum Gasteiger partial charge on any atom is -0.465 e. The molecule has 1 aromatic heterocycles. The van der Waals surface area contributed by atoms with Crippen molar-refractivity contribution in [1.82, 2.24) is 9.97 Å². The lowest BCUT2D eigenvalue weighted by Crippen LogP contribution is -2.15. The number of hydrogen-bond donors (Lipinski definition) is 2. The number of halogens is 1. The number of anilines is 3. The smallest absolute Gasteiger partial charge is 0.337 e. The van der Waals surface area contributed by atoms with Crippen molar-refractivity contribution in [3.8, 4) is 0 Å². The largest absolute Gasteiger partial charge is 0.465 e. The van der Waals surface area contributed by atoms with Gasteiger partial charge in [0.2, 0.25) is 5.95 Å². The van der Waals surface area contributed by atoms with E-state index in [-0.39, 0.29) is 17.3 Å². The van der Waals surface area contributed by atoms with Gasteiger partial charge in [0.1, 0.15) is 11.5 Å². The molecule has 0 spiro atoms. The second-order valence-electron chi connectivity index (χ2n) is 5.40. The van der Waals surface area contributed by atoms with Crippen LogP contribution in [0.5, 0.6) is 0 Å². The number of carbonyl (C=O) groups is 2. The van der Waals surface area contributed by atoms with Crippen LogP contribution < -0.4 is 10.6 Å². The summed E-state index contributed by atoms with van der Waals surface area (Å²) < 4.78 is 18.4. The molecule has 0 saturated heterocycles. The van der Waals surface area contributed by atoms with Crippen molar-refractivity contribution in [2.45, 2.75) is 0 Å². The number of aromatic nitrogens is 2. The average molecular weight is 366 g/mol. The lowest BCUT2D eigenvalue weighted by Gasteiger charge is -2.08. The van der Waals surface area contributed by atoms with Crippen LogP contribution in [0, 0.1) is 5.82 Å². The zero-order chi connectivity index (χ0) is 19.2. The Balaban J connectivity index is 1.76. The Kier molecular flexibility index (Phi) is 5.36. The summed E-state index contributed by atoms with van der Waals surface area (Å²) in [6.45, 7) is 0. The number of benzene rings is 2. The molecule has 0 radical (unpaired) electrons. The van der Waals surface area contributed by atoms with Gasteiger partial charge in [-0.15, -0.1) is 0 Å². The Morgan fingerprint density at radius 3 is 2.67 bits per heavy atom. The molecule has 0 aliphatic carbocycles. The molecule has 0 bridgehead atoms. The highest BCUT2D eigenvalue weighted by Gasteiger charge is 2.12. The van der Waals surface area contributed by atoms with Crippen LogP contribution in [0.2, 0.25) is 0 Å². The fourth-order valence-corrected chi connectivity index (χ4v) is 2.27. The van der Waals surface area contributed by atoms with Crippen LogP contribution >= 0.6 is 0 Å². The Hall–Kier alpha value is -3.81. The van der Waals surface area contributed by atoms with E-state index in [1.54, 1.807) is 30.3 Å². The first-order valence-corrected chi connectivity index (χ1v) is 7.91. The van der Waals surface area contributed by atoms with Gasteiger partial charge in [-0.25, -0.2) is 19.2 Å². The van der Waals surface area contributed by atoms with Crippen LogP contribution in [-0.2, 0) is 4.74 Å². The Labute approximate surface area is 154 Å². The molecule has 136 valence electrons. The molecule has 1 amide bonds. The quantitative estimate of drug-likeness (QED) is 0.672. The van der Waals surface area contributed by atoms with Crippen molar-refractivity contribution in [2.75, 3.05) is 17.7 Å². The fourth-order valence-electron chi connectivity index (χ4n) is 2.27. The van der Waals surface area contributed by atoms with E-state index in [0.717, 1.165) is 0 Å². The lowest BCUT2D eigenvalue weighted by molar-refractivity contribution is 0.0600. The summed E-state index contributed by atoms with van der Waals surface area (Å²) in [5.41, 5.74) is 0.984. The number of para-hydroxylation sites is 1. The molecule has 0 saturated carbocycles. The maximum atomic E-state index is 13.7. The van der Waals surface area contributed by atoms with Crippen LogP contribution in [0.15, 0.2) is 60.8 Å². The van der Waals surface area contributed by atoms with E-state index in [0.29, 0.717) is 11.3 Å². The summed E-state index contributed by atoms with van der Waals surface area (Å²) in [6, 6.07) is 13.8. The van der Waals surface area contributed by atoms with Crippen LogP contribution in [0.4, 0.5) is 21.7 Å². The van der Waals surface area contributed by atoms with Gasteiger partial charge in [-0.1, -0.05) is 18.2 Å². The van der Waals surface area contributed by atoms with E-state index in [4.69, 9.17) is 0 Å². The first-order valence-electron chi connectivity index (χ1n) is 7.91. The first-order chi connectivity index (χ1) is 13.1. The third-order valence-electron chi connectivity index (χ3n) is 3.55. The van der Waals surface area contributed by atoms with E-state index in [1.165, 1.54) is 37.6 Å². The van der Waals surface area contributed by atoms with Gasteiger partial charge < -0.3 is 15.4 Å². The lowest BCUT2D eigenvalue weighted by atomic mass is 10.2. The van der Waals surface area contributed by atoms with Crippen LogP contribution in [0.3, 0.4) is 0 Å². The molecule has 3 rings (SSSR count). The summed E-state index contributed by atoms with van der Waals surface area (Å²) in [4.78, 5) is 32.1. The molecule has 2 aromatic carbocycles. The predicted molar refractivity (Wildman–Crippen MR) is 97.4 cm³/mol. The summed E-state index contributed by atoms with van der Waals surface area (Å²) in [5, 5.41) is 5.37. The number of esters is 1. The number of nitrogens with zero attached hydrogens (tertiary/aromatic N) is 2. The molecule has 0 unspecified atom stereocenters. The molecule has 2 N–H and O–H groups in total. The average Bonchev–Trinajstić information content (AvgIpc) is 2.69. The molecule has 7 nitrogen and oxygen atoms in total. The van der Waals surface area contributed by atoms with Crippen molar-refractivity contribution in [2.24, 2.45) is 0 Å². The van der Waals surface area contributed by atoms with E-state index in [9.17, 15) is 14.0 Å². The number of ether oxygens (including phenoxy) is 1. The molecule has 0 aliphatic rings. The monoisotopic (exact) mass is 366 g/mol. The van der Waals surface area contributed by atoms with Gasteiger partial charge in [-0.2, -0.15) is 0 Å². The maximum absolute atomic E-state index is 13.7. The highest BCUT2D eigenvalue weighted by molar-refractivity contribution is 6.03. The molecule has 3 aromatic rings. The molecular formula is C19H15FN4O3. The van der Waals surface area contributed by atoms with Gasteiger partial charge in [-0.3, -0.25) is 4.79 Å². The highest BCUT2D eigenvalue weighted by Crippen LogP contribution is 2.17. The van der Waals surface area contributed by atoms with Crippen molar-refractivity contribution >= 4 is 29.2 Å². The van der Waals surface area contributed by atoms with E-state index < -0.39 is 17.7 Å². The zero-order valence-electron chi connectivity index (χ0n) is 14.3. The Morgan fingerprint density at radius 1 is 1.07 bits per heavy atom. The molecule has 0 aliphatic heterocycles. The van der Waals surface area contributed by atoms with Crippen molar-refractivity contribution in [3.63, 3.8) is 0 Å². The summed E-state index contributed by atoms with van der Waals surface area (Å²) in [6.07, 6.45) is 1.38. The third kappa shape index (κ3) is 4.43. The SMILES string of the molecule is COC(=O)c1cccc(NC(=O)c2ccnc(Nc3ccccc3F)n2)c1. The Morgan fingerprint density at radius 2 is 1.89 bits per heavy atom. The van der Waals surface area contributed by atoms with Crippen molar-refractivity contribution < 1.29 is 18.7 Å². The number of hydrogen-bond acceptors (Lipinski definition) is 6. The second-order valence-corrected chi connectivity index (χ2v) is 5.40. The normalized spacial score (nSPS) is 10.1. The minimum atomic E-state index is -0.510. The van der Waals surface area contributed by atoms with Gasteiger partial charge in [0.15, 0.2) is 0 Å². The maximum Gasteiger partial charge on any atom is 0.337 e. The topological polar surface area (TPSA) is 93.2 Å². The highest BCUT2D eigenvalue weighted by atomic mass is 19.1. The zero-order valence-corrected chi connectivity index (χ0v) is 14.3. The van der Waals surface area contributed by atoms with Gasteiger partial charge in [0.25, 0.3) is 5.91 Å². The van der Waals surface area contributed by atoms with Gasteiger partial charge in [-0.05, 0) is 36.4 Å². The van der Waals surface area contributed by atoms with Crippen molar-refractivity contribution in [3.05, 3.63) is 77.9 Å². The predicted octanol–water partition coefficient (Wildman–Crippen LogP) is 3.40. The Bertz CT molecular complexity index is 994. The van der Waals surface area contributed by atoms with Gasteiger partial charge in [0, 0.05) is 11.9 Å². The third-order valence-corrected chi connectivity index (χ3v) is 3.55. The summed E-state index contributed by atoms with van der Waals surface area (Å²) in [7, 11) is 1.28. The van der Waals surface area contributed by atoms with E-state index in [2.05, 4.69) is 25.3 Å². The molecule has 27 heavy (non-hydrogen) atoms. The van der Waals surface area contributed by atoms with Crippen molar-refractivity contribution in [1.29, 1.82) is 0 Å². The molecule has 0 atom stereocenters. The van der Waals surface area contributed by atoms with Crippen LogP contribution in [0.25, 0.3) is 0 Å².